The highest BCUT2D eigenvalue weighted by molar-refractivity contribution is 7.89. The lowest BCUT2D eigenvalue weighted by molar-refractivity contribution is -0.187. The first-order chi connectivity index (χ1) is 9.96. The summed E-state index contributed by atoms with van der Waals surface area (Å²) in [4.78, 5) is 11.0. The molecule has 12 heteroatoms. The average molecular weight is 362 g/mol. The van der Waals surface area contributed by atoms with Crippen LogP contribution in [0.1, 0.15) is 0 Å². The van der Waals surface area contributed by atoms with Crippen LogP contribution in [0.5, 0.6) is 0 Å². The van der Waals surface area contributed by atoms with E-state index < -0.39 is 52.1 Å². The van der Waals surface area contributed by atoms with E-state index in [2.05, 4.69) is 5.10 Å². The molecule has 22 heavy (non-hydrogen) atoms. The van der Waals surface area contributed by atoms with Gasteiger partial charge in [-0.25, -0.2) is 8.42 Å². The number of aliphatic carboxylic acids is 1. The molecule has 1 aliphatic rings. The number of hydrogen-bond acceptors (Lipinski definition) is 4. The van der Waals surface area contributed by atoms with E-state index in [-0.39, 0.29) is 5.02 Å². The minimum Gasteiger partial charge on any atom is -0.481 e. The Morgan fingerprint density at radius 1 is 1.45 bits per heavy atom. The number of rotatable bonds is 3. The van der Waals surface area contributed by atoms with Gasteiger partial charge in [0, 0.05) is 20.1 Å². The van der Waals surface area contributed by atoms with Gasteiger partial charge in [0.15, 0.2) is 5.03 Å². The zero-order valence-corrected chi connectivity index (χ0v) is 12.7. The smallest absolute Gasteiger partial charge is 0.393 e. The number of sulfonamides is 1. The fraction of sp³-hybridized carbons (Fsp3) is 0.600. The van der Waals surface area contributed by atoms with E-state index in [4.69, 9.17) is 16.7 Å². The summed E-state index contributed by atoms with van der Waals surface area (Å²) in [5.74, 6) is -5.83. The van der Waals surface area contributed by atoms with Crippen molar-refractivity contribution in [3.63, 3.8) is 0 Å². The molecule has 0 aliphatic carbocycles. The van der Waals surface area contributed by atoms with Gasteiger partial charge in [0.05, 0.1) is 23.1 Å². The topological polar surface area (TPSA) is 92.5 Å². The van der Waals surface area contributed by atoms with E-state index in [0.717, 1.165) is 10.9 Å². The van der Waals surface area contributed by atoms with Crippen molar-refractivity contribution in [1.82, 2.24) is 14.1 Å². The Hall–Kier alpha value is -1.33. The second-order valence-corrected chi connectivity index (χ2v) is 7.10. The number of carboxylic acids is 1. The van der Waals surface area contributed by atoms with E-state index in [1.54, 1.807) is 0 Å². The van der Waals surface area contributed by atoms with Gasteiger partial charge < -0.3 is 5.11 Å². The maximum Gasteiger partial charge on any atom is 0.393 e. The molecule has 124 valence electrons. The zero-order valence-electron chi connectivity index (χ0n) is 11.1. The van der Waals surface area contributed by atoms with Crippen molar-refractivity contribution >= 4 is 27.6 Å². The van der Waals surface area contributed by atoms with Crippen molar-refractivity contribution in [2.24, 2.45) is 18.9 Å². The Balaban J connectivity index is 2.41. The van der Waals surface area contributed by atoms with Crippen LogP contribution in [-0.4, -0.2) is 52.8 Å². The Labute approximate surface area is 128 Å². The van der Waals surface area contributed by atoms with Crippen LogP contribution in [-0.2, 0) is 21.9 Å². The van der Waals surface area contributed by atoms with Crippen molar-refractivity contribution in [2.45, 2.75) is 11.2 Å². The summed E-state index contributed by atoms with van der Waals surface area (Å²) in [6.07, 6.45) is -3.77. The third kappa shape index (κ3) is 2.79. The number of carbonyl (C=O) groups is 1. The summed E-state index contributed by atoms with van der Waals surface area (Å²) < 4.78 is 64.9. The first kappa shape index (κ1) is 17.0. The number of aryl methyl sites for hydroxylation is 1. The van der Waals surface area contributed by atoms with Crippen molar-refractivity contribution in [1.29, 1.82) is 0 Å². The van der Waals surface area contributed by atoms with E-state index in [0.29, 0.717) is 4.31 Å². The molecule has 0 radical (unpaired) electrons. The molecular weight excluding hydrogens is 351 g/mol. The summed E-state index contributed by atoms with van der Waals surface area (Å²) in [6.45, 7) is -1.74. The second-order valence-electron chi connectivity index (χ2n) is 4.84. The van der Waals surface area contributed by atoms with Crippen LogP contribution >= 0.6 is 11.6 Å². The van der Waals surface area contributed by atoms with Crippen LogP contribution in [0.15, 0.2) is 11.2 Å². The number of aromatic nitrogens is 2. The normalized spacial score (nSPS) is 23.9. The number of nitrogens with zero attached hydrogens (tertiary/aromatic N) is 3. The summed E-state index contributed by atoms with van der Waals surface area (Å²) in [5, 5.41) is 11.8. The van der Waals surface area contributed by atoms with Gasteiger partial charge in [-0.1, -0.05) is 11.6 Å². The van der Waals surface area contributed by atoms with Gasteiger partial charge in [-0.15, -0.1) is 0 Å². The molecule has 0 unspecified atom stereocenters. The highest BCUT2D eigenvalue weighted by atomic mass is 35.5. The Morgan fingerprint density at radius 3 is 2.41 bits per heavy atom. The molecule has 2 rings (SSSR count). The number of carboxylic acid groups (broad SMARTS) is 1. The van der Waals surface area contributed by atoms with Crippen LogP contribution in [0.25, 0.3) is 0 Å². The highest BCUT2D eigenvalue weighted by Crippen LogP contribution is 2.40. The monoisotopic (exact) mass is 361 g/mol. The number of alkyl halides is 3. The molecule has 2 atom stereocenters. The van der Waals surface area contributed by atoms with Crippen LogP contribution in [0.3, 0.4) is 0 Å². The first-order valence-electron chi connectivity index (χ1n) is 5.93. The van der Waals surface area contributed by atoms with Crippen LogP contribution in [0.2, 0.25) is 5.02 Å². The molecule has 1 N–H and O–H groups in total. The van der Waals surface area contributed by atoms with E-state index in [9.17, 15) is 26.4 Å². The third-order valence-corrected chi connectivity index (χ3v) is 5.79. The van der Waals surface area contributed by atoms with Gasteiger partial charge >= 0.3 is 12.1 Å². The molecule has 1 aromatic rings. The minimum atomic E-state index is -4.82. The first-order valence-corrected chi connectivity index (χ1v) is 7.75. The van der Waals surface area contributed by atoms with Crippen LogP contribution < -0.4 is 0 Å². The predicted octanol–water partition coefficient (Wildman–Crippen LogP) is 0.957. The molecule has 1 saturated heterocycles. The quantitative estimate of drug-likeness (QED) is 0.865. The highest BCUT2D eigenvalue weighted by Gasteiger charge is 2.55. The lowest BCUT2D eigenvalue weighted by Gasteiger charge is -2.18. The molecule has 7 nitrogen and oxygen atoms in total. The lowest BCUT2D eigenvalue weighted by atomic mass is 9.96. The predicted molar refractivity (Wildman–Crippen MR) is 67.6 cm³/mol. The molecule has 0 bridgehead atoms. The van der Waals surface area contributed by atoms with E-state index in [1.807, 2.05) is 0 Å². The van der Waals surface area contributed by atoms with Crippen molar-refractivity contribution in [2.75, 3.05) is 13.1 Å². The fourth-order valence-electron chi connectivity index (χ4n) is 2.36. The standard InChI is InChI=1S/C10H11ClF3N3O4S/c1-16-8(7(11)2-15-16)22(20,21)17-3-5(9(18)19)6(4-17)10(12,13)14/h2,5-6H,3-4H2,1H3,(H,18,19)/t5-,6-/m1/s1. The Bertz CT molecular complexity index is 683. The van der Waals surface area contributed by atoms with Crippen molar-refractivity contribution in [3.05, 3.63) is 11.2 Å². The van der Waals surface area contributed by atoms with Gasteiger partial charge in [-0.3, -0.25) is 9.48 Å². The van der Waals surface area contributed by atoms with E-state index in [1.165, 1.54) is 7.05 Å². The molecule has 0 spiro atoms. The molecule has 1 aliphatic heterocycles. The molecule has 0 aromatic carbocycles. The Morgan fingerprint density at radius 2 is 2.05 bits per heavy atom. The molecular formula is C10H11ClF3N3O4S. The van der Waals surface area contributed by atoms with E-state index >= 15 is 0 Å². The summed E-state index contributed by atoms with van der Waals surface area (Å²) in [5.41, 5.74) is 0. The van der Waals surface area contributed by atoms with Gasteiger partial charge in [0.2, 0.25) is 0 Å². The average Bonchev–Trinajstić information content (AvgIpc) is 2.93. The third-order valence-electron chi connectivity index (χ3n) is 3.45. The maximum atomic E-state index is 12.9. The maximum absolute atomic E-state index is 12.9. The van der Waals surface area contributed by atoms with Crippen LogP contribution in [0, 0.1) is 11.8 Å². The van der Waals surface area contributed by atoms with Crippen molar-refractivity contribution in [3.8, 4) is 0 Å². The van der Waals surface area contributed by atoms with Gasteiger partial charge in [-0.05, 0) is 0 Å². The van der Waals surface area contributed by atoms with Gasteiger partial charge in [0.1, 0.15) is 0 Å². The van der Waals surface area contributed by atoms with Gasteiger partial charge in [0.25, 0.3) is 10.0 Å². The van der Waals surface area contributed by atoms with Crippen LogP contribution in [0.4, 0.5) is 13.2 Å². The summed E-state index contributed by atoms with van der Waals surface area (Å²) >= 11 is 5.71. The Kier molecular flexibility index (Phi) is 4.17. The molecule has 1 fully saturated rings. The molecule has 0 saturated carbocycles. The minimum absolute atomic E-state index is 0.246. The molecule has 1 aromatic heterocycles. The summed E-state index contributed by atoms with van der Waals surface area (Å²) in [7, 11) is -3.11. The number of halogens is 4. The second kappa shape index (κ2) is 5.39. The summed E-state index contributed by atoms with van der Waals surface area (Å²) in [6, 6.07) is 0. The SMILES string of the molecule is Cn1ncc(Cl)c1S(=O)(=O)N1C[C@@H](C(F)(F)F)[C@H](C(=O)O)C1. The molecule has 2 heterocycles. The lowest BCUT2D eigenvalue weighted by Crippen LogP contribution is -2.34. The molecule has 0 amide bonds. The largest absolute Gasteiger partial charge is 0.481 e. The van der Waals surface area contributed by atoms with Crippen molar-refractivity contribution < 1.29 is 31.5 Å². The number of hydrogen-bond donors (Lipinski definition) is 1. The van der Waals surface area contributed by atoms with Gasteiger partial charge in [-0.2, -0.15) is 22.6 Å². The fourth-order valence-corrected chi connectivity index (χ4v) is 4.45. The zero-order chi connectivity index (χ0) is 16.9.